The molecule has 0 aliphatic heterocycles. The summed E-state index contributed by atoms with van der Waals surface area (Å²) in [5.74, 6) is -0.119. The van der Waals surface area contributed by atoms with Crippen molar-refractivity contribution >= 4 is 50.5 Å². The molecule has 0 saturated carbocycles. The van der Waals surface area contributed by atoms with Crippen molar-refractivity contribution in [3.8, 4) is 0 Å². The molecule has 1 heterocycles. The Balaban J connectivity index is 2.21. The molecule has 0 spiro atoms. The SMILES string of the molecule is Cc1ccc(C(=O)Nc2cccc(Cl)c2Br)s1. The molecule has 5 heteroatoms. The molecule has 0 radical (unpaired) electrons. The van der Waals surface area contributed by atoms with Crippen LogP contribution in [-0.2, 0) is 0 Å². The Bertz CT molecular complexity index is 567. The molecule has 1 N–H and O–H groups in total. The van der Waals surface area contributed by atoms with Crippen molar-refractivity contribution in [3.63, 3.8) is 0 Å². The molecule has 0 aliphatic rings. The van der Waals surface area contributed by atoms with Crippen molar-refractivity contribution in [2.45, 2.75) is 6.92 Å². The van der Waals surface area contributed by atoms with Crippen LogP contribution in [0.5, 0.6) is 0 Å². The first kappa shape index (κ1) is 12.6. The summed E-state index contributed by atoms with van der Waals surface area (Å²) in [6, 6.07) is 9.09. The third kappa shape index (κ3) is 2.89. The number of carbonyl (C=O) groups is 1. The number of hydrogen-bond donors (Lipinski definition) is 1. The molecular weight excluding hydrogens is 322 g/mol. The lowest BCUT2D eigenvalue weighted by molar-refractivity contribution is 0.103. The lowest BCUT2D eigenvalue weighted by Crippen LogP contribution is -2.10. The molecule has 2 aromatic rings. The van der Waals surface area contributed by atoms with Gasteiger partial charge in [0.1, 0.15) is 0 Å². The van der Waals surface area contributed by atoms with Crippen LogP contribution in [0.3, 0.4) is 0 Å². The number of aryl methyl sites for hydroxylation is 1. The van der Waals surface area contributed by atoms with E-state index in [9.17, 15) is 4.79 Å². The number of halogens is 2. The van der Waals surface area contributed by atoms with E-state index in [1.165, 1.54) is 11.3 Å². The third-order valence-corrected chi connectivity index (χ3v) is 4.56. The van der Waals surface area contributed by atoms with E-state index in [1.54, 1.807) is 18.2 Å². The van der Waals surface area contributed by atoms with E-state index in [0.29, 0.717) is 20.1 Å². The Hall–Kier alpha value is -0.840. The number of thiophene rings is 1. The molecule has 0 unspecified atom stereocenters. The predicted molar refractivity (Wildman–Crippen MR) is 76.2 cm³/mol. The van der Waals surface area contributed by atoms with Gasteiger partial charge >= 0.3 is 0 Å². The average Bonchev–Trinajstić information content (AvgIpc) is 2.72. The van der Waals surface area contributed by atoms with Crippen LogP contribution in [0.15, 0.2) is 34.8 Å². The van der Waals surface area contributed by atoms with Crippen molar-refractivity contribution < 1.29 is 4.79 Å². The van der Waals surface area contributed by atoms with Crippen LogP contribution in [0.2, 0.25) is 5.02 Å². The summed E-state index contributed by atoms with van der Waals surface area (Å²) in [6.07, 6.45) is 0. The second-order valence-electron chi connectivity index (χ2n) is 3.47. The fraction of sp³-hybridized carbons (Fsp3) is 0.0833. The highest BCUT2D eigenvalue weighted by Crippen LogP contribution is 2.30. The number of carbonyl (C=O) groups excluding carboxylic acids is 1. The Labute approximate surface area is 117 Å². The Morgan fingerprint density at radius 2 is 2.12 bits per heavy atom. The van der Waals surface area contributed by atoms with Gasteiger partial charge in [0.05, 0.1) is 20.1 Å². The largest absolute Gasteiger partial charge is 0.320 e. The third-order valence-electron chi connectivity index (χ3n) is 2.16. The number of benzene rings is 1. The highest BCUT2D eigenvalue weighted by atomic mass is 79.9. The lowest BCUT2D eigenvalue weighted by Gasteiger charge is -2.06. The molecule has 88 valence electrons. The van der Waals surface area contributed by atoms with Crippen LogP contribution in [0.25, 0.3) is 0 Å². The number of anilines is 1. The second-order valence-corrected chi connectivity index (χ2v) is 5.95. The summed E-state index contributed by atoms with van der Waals surface area (Å²) in [4.78, 5) is 13.7. The highest BCUT2D eigenvalue weighted by molar-refractivity contribution is 9.10. The second kappa shape index (κ2) is 5.21. The topological polar surface area (TPSA) is 29.1 Å². The van der Waals surface area contributed by atoms with E-state index < -0.39 is 0 Å². The number of amides is 1. The minimum absolute atomic E-state index is 0.119. The lowest BCUT2D eigenvalue weighted by atomic mass is 10.3. The molecule has 2 nitrogen and oxygen atoms in total. The summed E-state index contributed by atoms with van der Waals surface area (Å²) >= 11 is 10.8. The molecular formula is C12H9BrClNOS. The summed E-state index contributed by atoms with van der Waals surface area (Å²) in [6.45, 7) is 1.97. The van der Waals surface area contributed by atoms with Gasteiger partial charge in [-0.2, -0.15) is 0 Å². The van der Waals surface area contributed by atoms with E-state index in [1.807, 2.05) is 19.1 Å². The van der Waals surface area contributed by atoms with E-state index in [2.05, 4.69) is 21.2 Å². The zero-order valence-corrected chi connectivity index (χ0v) is 12.1. The van der Waals surface area contributed by atoms with Crippen LogP contribution >= 0.6 is 38.9 Å². The molecule has 0 fully saturated rings. The van der Waals surface area contributed by atoms with Gasteiger partial charge in [-0.25, -0.2) is 0 Å². The van der Waals surface area contributed by atoms with Crippen molar-refractivity contribution in [2.75, 3.05) is 5.32 Å². The highest BCUT2D eigenvalue weighted by Gasteiger charge is 2.11. The van der Waals surface area contributed by atoms with Crippen LogP contribution in [0, 0.1) is 6.92 Å². The number of nitrogens with one attached hydrogen (secondary N) is 1. The first-order valence-corrected chi connectivity index (χ1v) is 6.88. The Morgan fingerprint density at radius 3 is 2.76 bits per heavy atom. The van der Waals surface area contributed by atoms with Gasteiger partial charge in [-0.15, -0.1) is 11.3 Å². The quantitative estimate of drug-likeness (QED) is 0.847. The van der Waals surface area contributed by atoms with Crippen molar-refractivity contribution in [1.82, 2.24) is 0 Å². The fourth-order valence-electron chi connectivity index (χ4n) is 1.34. The molecule has 0 saturated heterocycles. The van der Waals surface area contributed by atoms with Gasteiger partial charge in [0.15, 0.2) is 0 Å². The van der Waals surface area contributed by atoms with Crippen molar-refractivity contribution in [2.24, 2.45) is 0 Å². The fourth-order valence-corrected chi connectivity index (χ4v) is 2.64. The smallest absolute Gasteiger partial charge is 0.265 e. The van der Waals surface area contributed by atoms with Crippen molar-refractivity contribution in [1.29, 1.82) is 0 Å². The maximum atomic E-state index is 11.9. The van der Waals surface area contributed by atoms with Gasteiger partial charge in [-0.1, -0.05) is 17.7 Å². The van der Waals surface area contributed by atoms with E-state index in [0.717, 1.165) is 4.88 Å². The van der Waals surface area contributed by atoms with Gasteiger partial charge in [0.2, 0.25) is 0 Å². The van der Waals surface area contributed by atoms with E-state index in [-0.39, 0.29) is 5.91 Å². The van der Waals surface area contributed by atoms with Crippen LogP contribution in [-0.4, -0.2) is 5.91 Å². The maximum Gasteiger partial charge on any atom is 0.265 e. The molecule has 17 heavy (non-hydrogen) atoms. The van der Waals surface area contributed by atoms with Gasteiger partial charge in [0, 0.05) is 4.88 Å². The van der Waals surface area contributed by atoms with Gasteiger partial charge in [0.25, 0.3) is 5.91 Å². The summed E-state index contributed by atoms with van der Waals surface area (Å²) in [7, 11) is 0. The standard InChI is InChI=1S/C12H9BrClNOS/c1-7-5-6-10(17-7)12(16)15-9-4-2-3-8(14)11(9)13/h2-6H,1H3,(H,15,16). The van der Waals surface area contributed by atoms with E-state index >= 15 is 0 Å². The zero-order chi connectivity index (χ0) is 12.4. The number of rotatable bonds is 2. The normalized spacial score (nSPS) is 10.3. The van der Waals surface area contributed by atoms with Crippen molar-refractivity contribution in [3.05, 3.63) is 49.6 Å². The maximum absolute atomic E-state index is 11.9. The molecule has 2 rings (SSSR count). The molecule has 1 aromatic heterocycles. The average molecular weight is 331 g/mol. The minimum atomic E-state index is -0.119. The minimum Gasteiger partial charge on any atom is -0.320 e. The van der Waals surface area contributed by atoms with Crippen LogP contribution in [0.1, 0.15) is 14.5 Å². The molecule has 0 atom stereocenters. The van der Waals surface area contributed by atoms with Gasteiger partial charge < -0.3 is 5.32 Å². The Kier molecular flexibility index (Phi) is 3.86. The molecule has 1 aromatic carbocycles. The zero-order valence-electron chi connectivity index (χ0n) is 8.96. The Morgan fingerprint density at radius 1 is 1.35 bits per heavy atom. The monoisotopic (exact) mass is 329 g/mol. The van der Waals surface area contributed by atoms with E-state index in [4.69, 9.17) is 11.6 Å². The van der Waals surface area contributed by atoms with Gasteiger partial charge in [-0.3, -0.25) is 4.79 Å². The summed E-state index contributed by atoms with van der Waals surface area (Å²) in [5, 5.41) is 3.40. The summed E-state index contributed by atoms with van der Waals surface area (Å²) in [5.41, 5.74) is 0.675. The molecule has 0 bridgehead atoms. The first-order chi connectivity index (χ1) is 8.08. The van der Waals surface area contributed by atoms with Crippen LogP contribution in [0.4, 0.5) is 5.69 Å². The van der Waals surface area contributed by atoms with Crippen LogP contribution < -0.4 is 5.32 Å². The molecule has 1 amide bonds. The van der Waals surface area contributed by atoms with Gasteiger partial charge in [-0.05, 0) is 47.1 Å². The predicted octanol–water partition coefficient (Wildman–Crippen LogP) is 4.72. The molecule has 0 aliphatic carbocycles. The summed E-state index contributed by atoms with van der Waals surface area (Å²) < 4.78 is 0.697. The number of hydrogen-bond acceptors (Lipinski definition) is 2. The first-order valence-electron chi connectivity index (χ1n) is 4.90.